The summed E-state index contributed by atoms with van der Waals surface area (Å²) in [4.78, 5) is 36.2. The number of unbranched alkanes of at least 4 members (excludes halogenated alkanes) is 4. The van der Waals surface area contributed by atoms with Crippen LogP contribution in [0.1, 0.15) is 64.4 Å². The summed E-state index contributed by atoms with van der Waals surface area (Å²) in [6.45, 7) is 3.31. The lowest BCUT2D eigenvalue weighted by atomic mass is 10.1. The summed E-state index contributed by atoms with van der Waals surface area (Å²) < 4.78 is 26.8. The number of ketones is 1. The van der Waals surface area contributed by atoms with Gasteiger partial charge in [-0.2, -0.15) is 0 Å². The molecule has 1 aromatic carbocycles. The lowest BCUT2D eigenvalue weighted by Crippen LogP contribution is -2.52. The van der Waals surface area contributed by atoms with Crippen LogP contribution in [0.3, 0.4) is 0 Å². The maximum absolute atomic E-state index is 13.4. The number of nitrogens with zero attached hydrogens (tertiary/aromatic N) is 1. The number of aromatic hydroxyl groups is 1. The first kappa shape index (κ1) is 25.5. The SMILES string of the molecule is CCCCCCCC(=O)N[C@H](CC(C)=O)C(=O)N(N)CCc1cc(F)c(O)c(F)c1. The van der Waals surface area contributed by atoms with E-state index in [9.17, 15) is 23.2 Å². The van der Waals surface area contributed by atoms with E-state index in [2.05, 4.69) is 12.2 Å². The first-order chi connectivity index (χ1) is 14.1. The quantitative estimate of drug-likeness (QED) is 0.194. The molecule has 0 aromatic heterocycles. The number of carbonyl (C=O) groups is 3. The van der Waals surface area contributed by atoms with Gasteiger partial charge in [-0.15, -0.1) is 0 Å². The Morgan fingerprint density at radius 2 is 1.73 bits per heavy atom. The fraction of sp³-hybridized carbons (Fsp3) is 0.571. The second-order valence-corrected chi connectivity index (χ2v) is 7.38. The summed E-state index contributed by atoms with van der Waals surface area (Å²) in [5.74, 6) is 1.19. The van der Waals surface area contributed by atoms with Crippen molar-refractivity contribution in [3.05, 3.63) is 29.3 Å². The van der Waals surface area contributed by atoms with E-state index in [1.54, 1.807) is 0 Å². The molecule has 2 amide bonds. The monoisotopic (exact) mass is 427 g/mol. The van der Waals surface area contributed by atoms with Gasteiger partial charge in [0.05, 0.1) is 0 Å². The van der Waals surface area contributed by atoms with E-state index in [1.165, 1.54) is 6.92 Å². The van der Waals surface area contributed by atoms with Gasteiger partial charge in [0.15, 0.2) is 17.4 Å². The van der Waals surface area contributed by atoms with E-state index < -0.39 is 29.3 Å². The topological polar surface area (TPSA) is 113 Å². The molecular formula is C21H31F2N3O4. The van der Waals surface area contributed by atoms with Gasteiger partial charge in [-0.25, -0.2) is 14.6 Å². The van der Waals surface area contributed by atoms with Gasteiger partial charge in [-0.05, 0) is 37.5 Å². The molecule has 0 radical (unpaired) electrons. The van der Waals surface area contributed by atoms with Gasteiger partial charge in [0.1, 0.15) is 11.8 Å². The van der Waals surface area contributed by atoms with Crippen LogP contribution in [0.5, 0.6) is 5.75 Å². The van der Waals surface area contributed by atoms with Gasteiger partial charge in [0.25, 0.3) is 5.91 Å². The molecule has 0 aliphatic rings. The predicted octanol–water partition coefficient (Wildman–Crippen LogP) is 2.74. The van der Waals surface area contributed by atoms with Crippen molar-refractivity contribution in [3.8, 4) is 5.75 Å². The fourth-order valence-corrected chi connectivity index (χ4v) is 2.97. The van der Waals surface area contributed by atoms with Crippen molar-refractivity contribution in [1.82, 2.24) is 10.3 Å². The van der Waals surface area contributed by atoms with Gasteiger partial charge in [-0.3, -0.25) is 19.4 Å². The lowest BCUT2D eigenvalue weighted by molar-refractivity contribution is -0.138. The number of carbonyl (C=O) groups excluding carboxylic acids is 3. The van der Waals surface area contributed by atoms with Gasteiger partial charge in [-0.1, -0.05) is 32.6 Å². The van der Waals surface area contributed by atoms with Gasteiger partial charge < -0.3 is 10.4 Å². The molecule has 30 heavy (non-hydrogen) atoms. The Balaban J connectivity index is 2.63. The number of hydrogen-bond donors (Lipinski definition) is 3. The average Bonchev–Trinajstić information content (AvgIpc) is 2.68. The Labute approximate surface area is 175 Å². The van der Waals surface area contributed by atoms with Crippen LogP contribution < -0.4 is 11.2 Å². The Kier molecular flexibility index (Phi) is 11.0. The van der Waals surface area contributed by atoms with Crippen molar-refractivity contribution in [1.29, 1.82) is 0 Å². The van der Waals surface area contributed by atoms with E-state index in [-0.39, 0.29) is 43.1 Å². The fourth-order valence-electron chi connectivity index (χ4n) is 2.97. The van der Waals surface area contributed by atoms with Crippen LogP contribution in [0.15, 0.2) is 12.1 Å². The average molecular weight is 427 g/mol. The Morgan fingerprint density at radius 1 is 1.13 bits per heavy atom. The molecule has 4 N–H and O–H groups in total. The van der Waals surface area contributed by atoms with Crippen molar-refractivity contribution in [2.24, 2.45) is 5.84 Å². The zero-order valence-electron chi connectivity index (χ0n) is 17.5. The second-order valence-electron chi connectivity index (χ2n) is 7.38. The van der Waals surface area contributed by atoms with Gasteiger partial charge >= 0.3 is 0 Å². The minimum absolute atomic E-state index is 0.0223. The molecule has 0 heterocycles. The largest absolute Gasteiger partial charge is 0.503 e. The maximum atomic E-state index is 13.4. The summed E-state index contributed by atoms with van der Waals surface area (Å²) in [5, 5.41) is 12.5. The number of nitrogens with two attached hydrogens (primary N) is 1. The number of rotatable bonds is 13. The Bertz CT molecular complexity index is 720. The third-order valence-corrected chi connectivity index (χ3v) is 4.63. The number of phenols is 1. The van der Waals surface area contributed by atoms with Crippen LogP contribution >= 0.6 is 0 Å². The number of amides is 2. The highest BCUT2D eigenvalue weighted by Gasteiger charge is 2.26. The number of phenolic OH excluding ortho intramolecular Hbond substituents is 1. The smallest absolute Gasteiger partial charge is 0.259 e. The van der Waals surface area contributed by atoms with E-state index in [4.69, 9.17) is 10.9 Å². The molecule has 9 heteroatoms. The second kappa shape index (κ2) is 12.9. The molecule has 0 bridgehead atoms. The zero-order chi connectivity index (χ0) is 22.7. The maximum Gasteiger partial charge on any atom is 0.259 e. The summed E-state index contributed by atoms with van der Waals surface area (Å²) in [7, 11) is 0. The molecule has 0 fully saturated rings. The highest BCUT2D eigenvalue weighted by atomic mass is 19.1. The molecule has 7 nitrogen and oxygen atoms in total. The van der Waals surface area contributed by atoms with Crippen LogP contribution in [0.25, 0.3) is 0 Å². The van der Waals surface area contributed by atoms with Crippen LogP contribution in [-0.4, -0.2) is 40.3 Å². The third-order valence-electron chi connectivity index (χ3n) is 4.63. The normalized spacial score (nSPS) is 11.8. The molecule has 168 valence electrons. The standard InChI is InChI=1S/C21H31F2N3O4/c1-3-4-5-6-7-8-19(28)25-18(11-14(2)27)21(30)26(24)10-9-15-12-16(22)20(29)17(23)13-15/h12-13,18,29H,3-11,24H2,1-2H3,(H,25,28)/t18-/m1/s1. The van der Waals surface area contributed by atoms with Gasteiger partial charge in [0, 0.05) is 19.4 Å². The molecule has 1 atom stereocenters. The van der Waals surface area contributed by atoms with Crippen molar-refractivity contribution < 1.29 is 28.3 Å². The number of hydrogen-bond acceptors (Lipinski definition) is 5. The molecule has 0 unspecified atom stereocenters. The van der Waals surface area contributed by atoms with Crippen LogP contribution in [-0.2, 0) is 20.8 Å². The first-order valence-corrected chi connectivity index (χ1v) is 10.2. The van der Waals surface area contributed by atoms with E-state index >= 15 is 0 Å². The van der Waals surface area contributed by atoms with E-state index in [0.717, 1.165) is 42.8 Å². The number of halogens is 2. The zero-order valence-corrected chi connectivity index (χ0v) is 17.5. The summed E-state index contributed by atoms with van der Waals surface area (Å²) >= 11 is 0. The van der Waals surface area contributed by atoms with E-state index in [0.29, 0.717) is 6.42 Å². The number of nitrogens with one attached hydrogen (secondary N) is 1. The molecule has 0 saturated carbocycles. The molecule has 0 spiro atoms. The molecule has 0 aliphatic carbocycles. The summed E-state index contributed by atoms with van der Waals surface area (Å²) in [6.07, 6.45) is 4.91. The number of Topliss-reactive ketones (excluding diaryl/α,β-unsaturated/α-hetero) is 1. The van der Waals surface area contributed by atoms with Crippen molar-refractivity contribution in [2.75, 3.05) is 6.54 Å². The highest BCUT2D eigenvalue weighted by molar-refractivity contribution is 5.91. The molecule has 1 aromatic rings. The molecule has 0 saturated heterocycles. The van der Waals surface area contributed by atoms with Crippen LogP contribution in [0.4, 0.5) is 8.78 Å². The number of benzene rings is 1. The van der Waals surface area contributed by atoms with Crippen LogP contribution in [0, 0.1) is 11.6 Å². The first-order valence-electron chi connectivity index (χ1n) is 10.2. The van der Waals surface area contributed by atoms with E-state index in [1.807, 2.05) is 0 Å². The Morgan fingerprint density at radius 3 is 2.30 bits per heavy atom. The third kappa shape index (κ3) is 8.86. The summed E-state index contributed by atoms with van der Waals surface area (Å²) in [6, 6.07) is 0.803. The molecular weight excluding hydrogens is 396 g/mol. The summed E-state index contributed by atoms with van der Waals surface area (Å²) in [5.41, 5.74) is 0.199. The van der Waals surface area contributed by atoms with Gasteiger partial charge in [0.2, 0.25) is 5.91 Å². The van der Waals surface area contributed by atoms with Crippen molar-refractivity contribution in [3.63, 3.8) is 0 Å². The van der Waals surface area contributed by atoms with Crippen LogP contribution in [0.2, 0.25) is 0 Å². The minimum Gasteiger partial charge on any atom is -0.503 e. The molecule has 1 rings (SSSR count). The van der Waals surface area contributed by atoms with Crippen molar-refractivity contribution >= 4 is 17.6 Å². The predicted molar refractivity (Wildman–Crippen MR) is 108 cm³/mol. The lowest BCUT2D eigenvalue weighted by Gasteiger charge is -2.23. The van der Waals surface area contributed by atoms with Crippen molar-refractivity contribution in [2.45, 2.75) is 71.3 Å². The molecule has 0 aliphatic heterocycles. The number of hydrazine groups is 1. The Hall–Kier alpha value is -2.55. The highest BCUT2D eigenvalue weighted by Crippen LogP contribution is 2.21. The minimum atomic E-state index is -1.11.